The molecule has 1 aromatic heterocycles. The summed E-state index contributed by atoms with van der Waals surface area (Å²) in [5.74, 6) is -0.461. The Morgan fingerprint density at radius 1 is 1.07 bits per heavy atom. The van der Waals surface area contributed by atoms with Crippen LogP contribution < -0.4 is 5.32 Å². The number of urea groups is 1. The van der Waals surface area contributed by atoms with Gasteiger partial charge in [0, 0.05) is 28.4 Å². The van der Waals surface area contributed by atoms with Crippen molar-refractivity contribution in [2.45, 2.75) is 53.2 Å². The average molecular weight is 420 g/mol. The van der Waals surface area contributed by atoms with E-state index in [4.69, 9.17) is 0 Å². The molecule has 0 saturated carbocycles. The van der Waals surface area contributed by atoms with Crippen molar-refractivity contribution in [3.63, 3.8) is 0 Å². The SMILES string of the molecule is CCNC(=O)N(CC(=O)N(Cc1ccc(F)cc1)Cc1ccc(C)s1)C(C)(C)C. The van der Waals surface area contributed by atoms with Gasteiger partial charge in [-0.25, -0.2) is 9.18 Å². The zero-order valence-electron chi connectivity index (χ0n) is 17.8. The highest BCUT2D eigenvalue weighted by Crippen LogP contribution is 2.20. The smallest absolute Gasteiger partial charge is 0.318 e. The number of thiophene rings is 1. The van der Waals surface area contributed by atoms with E-state index < -0.39 is 5.54 Å². The Kier molecular flexibility index (Phi) is 7.79. The molecule has 5 nitrogen and oxygen atoms in total. The van der Waals surface area contributed by atoms with Crippen LogP contribution in [0.3, 0.4) is 0 Å². The molecule has 0 aliphatic heterocycles. The van der Waals surface area contributed by atoms with Gasteiger partial charge in [0.1, 0.15) is 12.4 Å². The van der Waals surface area contributed by atoms with E-state index in [1.807, 2.05) is 46.8 Å². The Morgan fingerprint density at radius 3 is 2.24 bits per heavy atom. The number of hydrogen-bond acceptors (Lipinski definition) is 3. The van der Waals surface area contributed by atoms with Gasteiger partial charge in [0.05, 0.1) is 6.54 Å². The highest BCUT2D eigenvalue weighted by molar-refractivity contribution is 7.11. The maximum absolute atomic E-state index is 13.3. The molecule has 0 fully saturated rings. The van der Waals surface area contributed by atoms with Crippen LogP contribution in [0.15, 0.2) is 36.4 Å². The molecular formula is C22H30FN3O2S. The zero-order valence-corrected chi connectivity index (χ0v) is 18.6. The number of nitrogens with zero attached hydrogens (tertiary/aromatic N) is 2. The van der Waals surface area contributed by atoms with Crippen LogP contribution >= 0.6 is 11.3 Å². The first kappa shape index (κ1) is 22.9. The Bertz CT molecular complexity index is 827. The number of aryl methyl sites for hydroxylation is 1. The van der Waals surface area contributed by atoms with E-state index in [-0.39, 0.29) is 24.3 Å². The van der Waals surface area contributed by atoms with E-state index in [0.717, 1.165) is 10.4 Å². The predicted molar refractivity (Wildman–Crippen MR) is 115 cm³/mol. The molecule has 2 rings (SSSR count). The summed E-state index contributed by atoms with van der Waals surface area (Å²) < 4.78 is 13.3. The number of amides is 3. The van der Waals surface area contributed by atoms with Crippen molar-refractivity contribution in [1.82, 2.24) is 15.1 Å². The topological polar surface area (TPSA) is 52.7 Å². The van der Waals surface area contributed by atoms with Crippen LogP contribution in [-0.2, 0) is 17.9 Å². The summed E-state index contributed by atoms with van der Waals surface area (Å²) in [4.78, 5) is 31.2. The number of nitrogens with one attached hydrogen (secondary N) is 1. The van der Waals surface area contributed by atoms with Crippen LogP contribution in [0.4, 0.5) is 9.18 Å². The third-order valence-electron chi connectivity index (χ3n) is 4.46. The van der Waals surface area contributed by atoms with E-state index in [0.29, 0.717) is 19.6 Å². The van der Waals surface area contributed by atoms with Crippen LogP contribution in [0.25, 0.3) is 0 Å². The highest BCUT2D eigenvalue weighted by Gasteiger charge is 2.30. The summed E-state index contributed by atoms with van der Waals surface area (Å²) >= 11 is 1.64. The molecule has 158 valence electrons. The summed E-state index contributed by atoms with van der Waals surface area (Å²) in [7, 11) is 0. The molecule has 0 aliphatic carbocycles. The first-order valence-electron chi connectivity index (χ1n) is 9.73. The van der Waals surface area contributed by atoms with Crippen molar-refractivity contribution in [3.05, 3.63) is 57.5 Å². The Morgan fingerprint density at radius 2 is 1.72 bits per heavy atom. The highest BCUT2D eigenvalue weighted by atomic mass is 32.1. The molecule has 0 spiro atoms. The minimum Gasteiger partial charge on any atom is -0.338 e. The summed E-state index contributed by atoms with van der Waals surface area (Å²) in [5, 5.41) is 2.78. The molecule has 1 aromatic carbocycles. The van der Waals surface area contributed by atoms with Gasteiger partial charge in [0.25, 0.3) is 0 Å². The lowest BCUT2D eigenvalue weighted by molar-refractivity contribution is -0.134. The van der Waals surface area contributed by atoms with Crippen molar-refractivity contribution >= 4 is 23.3 Å². The molecule has 0 unspecified atom stereocenters. The summed E-state index contributed by atoms with van der Waals surface area (Å²) in [6.45, 7) is 10.9. The molecule has 0 bridgehead atoms. The molecule has 0 atom stereocenters. The lowest BCUT2D eigenvalue weighted by atomic mass is 10.1. The molecule has 29 heavy (non-hydrogen) atoms. The van der Waals surface area contributed by atoms with Gasteiger partial charge in [0.15, 0.2) is 0 Å². The standard InChI is InChI=1S/C22H30FN3O2S/c1-6-24-21(28)26(22(3,4)5)15-20(27)25(14-19-12-7-16(2)29-19)13-17-8-10-18(23)11-9-17/h7-12H,6,13-15H2,1-5H3,(H,24,28). The van der Waals surface area contributed by atoms with Crippen molar-refractivity contribution in [2.24, 2.45) is 0 Å². The maximum Gasteiger partial charge on any atom is 0.318 e. The third-order valence-corrected chi connectivity index (χ3v) is 5.44. The summed E-state index contributed by atoms with van der Waals surface area (Å²) in [6, 6.07) is 9.92. The summed E-state index contributed by atoms with van der Waals surface area (Å²) in [5.41, 5.74) is 0.337. The van der Waals surface area contributed by atoms with E-state index in [1.165, 1.54) is 17.0 Å². The first-order chi connectivity index (χ1) is 13.6. The number of carbonyl (C=O) groups is 2. The number of benzene rings is 1. The molecule has 0 aliphatic rings. The fourth-order valence-corrected chi connectivity index (χ4v) is 3.80. The van der Waals surface area contributed by atoms with Gasteiger partial charge in [-0.05, 0) is 64.4 Å². The normalized spacial score (nSPS) is 11.2. The molecule has 0 radical (unpaired) electrons. The second kappa shape index (κ2) is 9.87. The fourth-order valence-electron chi connectivity index (χ4n) is 2.90. The van der Waals surface area contributed by atoms with Gasteiger partial charge in [-0.1, -0.05) is 12.1 Å². The van der Waals surface area contributed by atoms with E-state index in [1.54, 1.807) is 33.3 Å². The van der Waals surface area contributed by atoms with Crippen LogP contribution in [0.2, 0.25) is 0 Å². The van der Waals surface area contributed by atoms with Gasteiger partial charge >= 0.3 is 6.03 Å². The quantitative estimate of drug-likeness (QED) is 0.716. The first-order valence-corrected chi connectivity index (χ1v) is 10.5. The van der Waals surface area contributed by atoms with Gasteiger partial charge in [-0.3, -0.25) is 4.79 Å². The van der Waals surface area contributed by atoms with Crippen molar-refractivity contribution < 1.29 is 14.0 Å². The minimum atomic E-state index is -0.504. The molecule has 0 saturated heterocycles. The molecule has 1 N–H and O–H groups in total. The second-order valence-electron chi connectivity index (χ2n) is 7.98. The van der Waals surface area contributed by atoms with Gasteiger partial charge in [-0.15, -0.1) is 11.3 Å². The Labute approximate surface area is 176 Å². The zero-order chi connectivity index (χ0) is 21.6. The number of rotatable bonds is 7. The third kappa shape index (κ3) is 6.85. The number of carbonyl (C=O) groups excluding carboxylic acids is 2. The lowest BCUT2D eigenvalue weighted by Gasteiger charge is -2.36. The van der Waals surface area contributed by atoms with Crippen molar-refractivity contribution in [3.8, 4) is 0 Å². The van der Waals surface area contributed by atoms with Crippen molar-refractivity contribution in [2.75, 3.05) is 13.1 Å². The Hall–Kier alpha value is -2.41. The maximum atomic E-state index is 13.3. The number of hydrogen-bond donors (Lipinski definition) is 1. The molecule has 1 heterocycles. The van der Waals surface area contributed by atoms with Crippen molar-refractivity contribution in [1.29, 1.82) is 0 Å². The lowest BCUT2D eigenvalue weighted by Crippen LogP contribution is -2.54. The molecule has 3 amide bonds. The minimum absolute atomic E-state index is 0.0269. The fraction of sp³-hybridized carbons (Fsp3) is 0.455. The van der Waals surface area contributed by atoms with Crippen LogP contribution in [0.5, 0.6) is 0 Å². The predicted octanol–water partition coefficient (Wildman–Crippen LogP) is 4.55. The van der Waals surface area contributed by atoms with Gasteiger partial charge < -0.3 is 15.1 Å². The van der Waals surface area contributed by atoms with Crippen LogP contribution in [0.1, 0.15) is 43.0 Å². The van der Waals surface area contributed by atoms with E-state index in [2.05, 4.69) is 5.32 Å². The van der Waals surface area contributed by atoms with Crippen LogP contribution in [-0.4, -0.2) is 40.4 Å². The summed E-state index contributed by atoms with van der Waals surface area (Å²) in [6.07, 6.45) is 0. The van der Waals surface area contributed by atoms with Gasteiger partial charge in [0.2, 0.25) is 5.91 Å². The molecule has 7 heteroatoms. The molecular weight excluding hydrogens is 389 g/mol. The average Bonchev–Trinajstić information content (AvgIpc) is 3.04. The van der Waals surface area contributed by atoms with Crippen LogP contribution in [0, 0.1) is 12.7 Å². The Balaban J connectivity index is 2.23. The monoisotopic (exact) mass is 419 g/mol. The van der Waals surface area contributed by atoms with E-state index >= 15 is 0 Å². The largest absolute Gasteiger partial charge is 0.338 e. The second-order valence-corrected chi connectivity index (χ2v) is 9.35. The van der Waals surface area contributed by atoms with Gasteiger partial charge in [-0.2, -0.15) is 0 Å². The number of halogens is 1. The molecule has 2 aromatic rings. The van der Waals surface area contributed by atoms with E-state index in [9.17, 15) is 14.0 Å².